The number of carbonyl (C=O) groups is 1. The van der Waals surface area contributed by atoms with Crippen molar-refractivity contribution in [2.45, 2.75) is 6.42 Å². The maximum Gasteiger partial charge on any atom is 0.308 e. The highest BCUT2D eigenvalue weighted by Gasteiger charge is 2.16. The van der Waals surface area contributed by atoms with Gasteiger partial charge in [-0.1, -0.05) is 6.07 Å². The molecule has 0 aliphatic carbocycles. The zero-order valence-electron chi connectivity index (χ0n) is 10.4. The van der Waals surface area contributed by atoms with Crippen LogP contribution in [0.1, 0.15) is 5.56 Å². The fourth-order valence-electron chi connectivity index (χ4n) is 1.56. The zero-order chi connectivity index (χ0) is 12.8. The molecule has 1 aromatic carbocycles. The number of hydrogen-bond donors (Lipinski definition) is 2. The van der Waals surface area contributed by atoms with Gasteiger partial charge in [0.25, 0.3) is 0 Å². The quantitative estimate of drug-likeness (QED) is 0.818. The number of methoxy groups -OCH3 is 2. The molecule has 0 aliphatic rings. The molecule has 0 saturated heterocycles. The lowest BCUT2D eigenvalue weighted by atomic mass is 9.99. The molecule has 0 heterocycles. The number of rotatable bonds is 6. The van der Waals surface area contributed by atoms with Crippen LogP contribution in [0.3, 0.4) is 0 Å². The van der Waals surface area contributed by atoms with Crippen LogP contribution in [0.25, 0.3) is 0 Å². The number of carboxylic acids is 1. The molecule has 0 unspecified atom stereocenters. The topological polar surface area (TPSA) is 81.8 Å². The average Bonchev–Trinajstić information content (AvgIpc) is 2.35. The molecule has 1 rings (SSSR count). The summed E-state index contributed by atoms with van der Waals surface area (Å²) in [5, 5.41) is 8.93. The van der Waals surface area contributed by atoms with E-state index in [9.17, 15) is 4.79 Å². The number of carboxylic acid groups (broad SMARTS) is 1. The first-order valence-corrected chi connectivity index (χ1v) is 5.26. The Balaban J connectivity index is 0.00000289. The molecule has 0 amide bonds. The maximum absolute atomic E-state index is 10.9. The van der Waals surface area contributed by atoms with Gasteiger partial charge in [0.15, 0.2) is 11.5 Å². The van der Waals surface area contributed by atoms with E-state index in [2.05, 4.69) is 0 Å². The Hall–Kier alpha value is -1.46. The molecule has 0 bridgehead atoms. The van der Waals surface area contributed by atoms with Crippen LogP contribution in [0.5, 0.6) is 11.5 Å². The number of aliphatic carboxylic acids is 1. The Morgan fingerprint density at radius 3 is 2.39 bits per heavy atom. The second-order valence-corrected chi connectivity index (χ2v) is 3.66. The highest BCUT2D eigenvalue weighted by molar-refractivity contribution is 5.85. The molecule has 1 aromatic rings. The van der Waals surface area contributed by atoms with Crippen molar-refractivity contribution in [1.82, 2.24) is 0 Å². The van der Waals surface area contributed by atoms with Gasteiger partial charge >= 0.3 is 5.97 Å². The summed E-state index contributed by atoms with van der Waals surface area (Å²) in [7, 11) is 3.09. The Bertz CT molecular complexity index is 398. The monoisotopic (exact) mass is 275 g/mol. The van der Waals surface area contributed by atoms with Gasteiger partial charge in [0, 0.05) is 6.54 Å². The summed E-state index contributed by atoms with van der Waals surface area (Å²) in [4.78, 5) is 10.9. The SMILES string of the molecule is COc1ccc(C[C@@H](CN)C(=O)O)cc1OC.Cl. The van der Waals surface area contributed by atoms with Crippen molar-refractivity contribution >= 4 is 18.4 Å². The highest BCUT2D eigenvalue weighted by Crippen LogP contribution is 2.28. The van der Waals surface area contributed by atoms with E-state index < -0.39 is 11.9 Å². The van der Waals surface area contributed by atoms with E-state index in [0.29, 0.717) is 17.9 Å². The van der Waals surface area contributed by atoms with E-state index in [1.807, 2.05) is 6.07 Å². The van der Waals surface area contributed by atoms with Gasteiger partial charge in [0.2, 0.25) is 0 Å². The van der Waals surface area contributed by atoms with Crippen LogP contribution >= 0.6 is 12.4 Å². The van der Waals surface area contributed by atoms with Crippen LogP contribution in [-0.4, -0.2) is 31.8 Å². The van der Waals surface area contributed by atoms with Gasteiger partial charge in [0.1, 0.15) is 0 Å². The Kier molecular flexibility index (Phi) is 7.16. The molecular weight excluding hydrogens is 258 g/mol. The third kappa shape index (κ3) is 4.09. The molecule has 102 valence electrons. The van der Waals surface area contributed by atoms with Gasteiger partial charge in [0.05, 0.1) is 20.1 Å². The molecule has 0 aromatic heterocycles. The van der Waals surface area contributed by atoms with E-state index in [1.165, 1.54) is 0 Å². The first-order chi connectivity index (χ1) is 8.12. The molecule has 18 heavy (non-hydrogen) atoms. The standard InChI is InChI=1S/C12H17NO4.ClH/c1-16-10-4-3-8(6-11(10)17-2)5-9(7-13)12(14)15;/h3-4,6,9H,5,7,13H2,1-2H3,(H,14,15);1H/t9-;/m0./s1. The second kappa shape index (κ2) is 7.79. The minimum Gasteiger partial charge on any atom is -0.493 e. The van der Waals surface area contributed by atoms with E-state index in [1.54, 1.807) is 26.4 Å². The van der Waals surface area contributed by atoms with E-state index in [0.717, 1.165) is 5.56 Å². The predicted molar refractivity (Wildman–Crippen MR) is 70.7 cm³/mol. The van der Waals surface area contributed by atoms with Gasteiger partial charge in [-0.2, -0.15) is 0 Å². The largest absolute Gasteiger partial charge is 0.493 e. The highest BCUT2D eigenvalue weighted by atomic mass is 35.5. The summed E-state index contributed by atoms with van der Waals surface area (Å²) < 4.78 is 10.3. The number of benzene rings is 1. The Morgan fingerprint density at radius 2 is 1.94 bits per heavy atom. The van der Waals surface area contributed by atoms with Gasteiger partial charge in [-0.25, -0.2) is 0 Å². The summed E-state index contributed by atoms with van der Waals surface area (Å²) in [5.41, 5.74) is 6.27. The van der Waals surface area contributed by atoms with Crippen molar-refractivity contribution in [3.63, 3.8) is 0 Å². The van der Waals surface area contributed by atoms with Crippen LogP contribution in [0.15, 0.2) is 18.2 Å². The summed E-state index contributed by atoms with van der Waals surface area (Å²) >= 11 is 0. The third-order valence-corrected chi connectivity index (χ3v) is 2.56. The van der Waals surface area contributed by atoms with Crippen molar-refractivity contribution in [1.29, 1.82) is 0 Å². The molecule has 3 N–H and O–H groups in total. The Labute approximate surface area is 112 Å². The smallest absolute Gasteiger partial charge is 0.308 e. The summed E-state index contributed by atoms with van der Waals surface area (Å²) in [6, 6.07) is 5.33. The fourth-order valence-corrected chi connectivity index (χ4v) is 1.56. The lowest BCUT2D eigenvalue weighted by Gasteiger charge is -2.12. The first-order valence-electron chi connectivity index (χ1n) is 5.26. The minimum atomic E-state index is -0.887. The second-order valence-electron chi connectivity index (χ2n) is 3.66. The zero-order valence-corrected chi connectivity index (χ0v) is 11.2. The summed E-state index contributed by atoms with van der Waals surface area (Å²) in [5.74, 6) is -0.252. The van der Waals surface area contributed by atoms with Gasteiger partial charge in [-0.05, 0) is 24.1 Å². The molecule has 5 nitrogen and oxygen atoms in total. The van der Waals surface area contributed by atoms with Crippen LogP contribution in [0.4, 0.5) is 0 Å². The van der Waals surface area contributed by atoms with Crippen molar-refractivity contribution in [2.24, 2.45) is 11.7 Å². The number of nitrogens with two attached hydrogens (primary N) is 1. The van der Waals surface area contributed by atoms with E-state index in [-0.39, 0.29) is 19.0 Å². The van der Waals surface area contributed by atoms with Crippen LogP contribution in [0.2, 0.25) is 0 Å². The van der Waals surface area contributed by atoms with E-state index >= 15 is 0 Å². The van der Waals surface area contributed by atoms with Crippen LogP contribution < -0.4 is 15.2 Å². The molecule has 0 radical (unpaired) electrons. The molecule has 0 saturated carbocycles. The summed E-state index contributed by atoms with van der Waals surface area (Å²) in [6.45, 7) is 0.115. The molecule has 6 heteroatoms. The van der Waals surface area contributed by atoms with Crippen molar-refractivity contribution < 1.29 is 19.4 Å². The van der Waals surface area contributed by atoms with Gasteiger partial charge in [-0.3, -0.25) is 4.79 Å². The molecule has 1 atom stereocenters. The Morgan fingerprint density at radius 1 is 1.33 bits per heavy atom. The predicted octanol–water partition coefficient (Wildman–Crippen LogP) is 1.33. The van der Waals surface area contributed by atoms with Crippen LogP contribution in [-0.2, 0) is 11.2 Å². The van der Waals surface area contributed by atoms with E-state index in [4.69, 9.17) is 20.3 Å². The number of ether oxygens (including phenoxy) is 2. The lowest BCUT2D eigenvalue weighted by molar-refractivity contribution is -0.141. The van der Waals surface area contributed by atoms with Crippen molar-refractivity contribution in [3.8, 4) is 11.5 Å². The fraction of sp³-hybridized carbons (Fsp3) is 0.417. The van der Waals surface area contributed by atoms with Crippen molar-refractivity contribution in [2.75, 3.05) is 20.8 Å². The maximum atomic E-state index is 10.9. The van der Waals surface area contributed by atoms with Crippen molar-refractivity contribution in [3.05, 3.63) is 23.8 Å². The summed E-state index contributed by atoms with van der Waals surface area (Å²) in [6.07, 6.45) is 0.381. The van der Waals surface area contributed by atoms with Gasteiger partial charge < -0.3 is 20.3 Å². The number of halogens is 1. The van der Waals surface area contributed by atoms with Crippen LogP contribution in [0, 0.1) is 5.92 Å². The normalized spacial score (nSPS) is 11.3. The first kappa shape index (κ1) is 16.5. The molecular formula is C12H18ClNO4. The number of hydrogen-bond acceptors (Lipinski definition) is 4. The van der Waals surface area contributed by atoms with Gasteiger partial charge in [-0.15, -0.1) is 12.4 Å². The third-order valence-electron chi connectivity index (χ3n) is 2.56. The molecule has 0 fully saturated rings. The molecule has 0 spiro atoms. The lowest BCUT2D eigenvalue weighted by Crippen LogP contribution is -2.25. The minimum absolute atomic E-state index is 0. The average molecular weight is 276 g/mol. The molecule has 0 aliphatic heterocycles.